The summed E-state index contributed by atoms with van der Waals surface area (Å²) in [5.74, 6) is 0.125. The van der Waals surface area contributed by atoms with E-state index in [9.17, 15) is 9.59 Å². The molecule has 1 N–H and O–H groups in total. The summed E-state index contributed by atoms with van der Waals surface area (Å²) in [5, 5.41) is 3.64. The topological polar surface area (TPSA) is 49.4 Å². The number of hydrogen-bond acceptors (Lipinski definition) is 2. The maximum Gasteiger partial charge on any atom is 0.222 e. The quantitative estimate of drug-likeness (QED) is 0.681. The normalized spacial score (nSPS) is 11.8. The fourth-order valence-corrected chi connectivity index (χ4v) is 2.73. The second-order valence-corrected chi connectivity index (χ2v) is 6.51. The van der Waals surface area contributed by atoms with Crippen molar-refractivity contribution in [3.63, 3.8) is 0 Å². The van der Waals surface area contributed by atoms with Crippen LogP contribution >= 0.6 is 11.6 Å². The second-order valence-electron chi connectivity index (χ2n) is 6.08. The first-order chi connectivity index (χ1) is 11.5. The number of amides is 2. The number of carbonyl (C=O) groups is 2. The summed E-state index contributed by atoms with van der Waals surface area (Å²) in [6, 6.07) is 7.37. The molecule has 1 rings (SSSR count). The molecule has 0 saturated carbocycles. The van der Waals surface area contributed by atoms with Crippen molar-refractivity contribution < 1.29 is 9.59 Å². The van der Waals surface area contributed by atoms with E-state index < -0.39 is 0 Å². The highest BCUT2D eigenvalue weighted by Gasteiger charge is 2.13. The lowest BCUT2D eigenvalue weighted by molar-refractivity contribution is -0.131. The molecule has 134 valence electrons. The number of nitrogens with zero attached hydrogens (tertiary/aromatic N) is 1. The maximum atomic E-state index is 12.2. The lowest BCUT2D eigenvalue weighted by atomic mass is 10.1. The third-order valence-electron chi connectivity index (χ3n) is 3.88. The minimum atomic E-state index is -0.0675. The molecule has 0 fully saturated rings. The van der Waals surface area contributed by atoms with Crippen LogP contribution < -0.4 is 5.32 Å². The van der Waals surface area contributed by atoms with Gasteiger partial charge in [0.2, 0.25) is 11.8 Å². The van der Waals surface area contributed by atoms with E-state index in [-0.39, 0.29) is 17.9 Å². The smallest absolute Gasteiger partial charge is 0.222 e. The molecule has 1 aromatic rings. The fraction of sp³-hybridized carbons (Fsp3) is 0.579. The molecule has 0 bridgehead atoms. The van der Waals surface area contributed by atoms with Crippen LogP contribution in [0.5, 0.6) is 0 Å². The molecule has 0 saturated heterocycles. The summed E-state index contributed by atoms with van der Waals surface area (Å²) in [6.45, 7) is 7.68. The molecular formula is C19H29ClN2O2. The summed E-state index contributed by atoms with van der Waals surface area (Å²) in [5.41, 5.74) is 1.01. The van der Waals surface area contributed by atoms with Crippen LogP contribution in [0.3, 0.4) is 0 Å². The molecule has 1 unspecified atom stereocenters. The predicted molar refractivity (Wildman–Crippen MR) is 99.0 cm³/mol. The number of carbonyl (C=O) groups excluding carboxylic acids is 2. The number of benzene rings is 1. The molecule has 4 nitrogen and oxygen atoms in total. The van der Waals surface area contributed by atoms with Crippen LogP contribution in [0.1, 0.15) is 64.5 Å². The van der Waals surface area contributed by atoms with Crippen molar-refractivity contribution in [3.8, 4) is 0 Å². The van der Waals surface area contributed by atoms with Gasteiger partial charge in [0.1, 0.15) is 0 Å². The van der Waals surface area contributed by atoms with Crippen LogP contribution in [-0.4, -0.2) is 29.8 Å². The number of nitrogens with one attached hydrogen (secondary N) is 1. The zero-order valence-corrected chi connectivity index (χ0v) is 15.7. The largest absolute Gasteiger partial charge is 0.350 e. The SMILES string of the molecule is CCCN(CCC)C(=O)CCCC(=O)NC(C)c1ccc(Cl)cc1. The van der Waals surface area contributed by atoms with Crippen LogP contribution in [0.15, 0.2) is 24.3 Å². The summed E-state index contributed by atoms with van der Waals surface area (Å²) in [4.78, 5) is 26.1. The maximum absolute atomic E-state index is 12.2. The van der Waals surface area contributed by atoms with Crippen molar-refractivity contribution >= 4 is 23.4 Å². The van der Waals surface area contributed by atoms with Crippen molar-refractivity contribution in [2.24, 2.45) is 0 Å². The van der Waals surface area contributed by atoms with Gasteiger partial charge in [-0.3, -0.25) is 9.59 Å². The lowest BCUT2D eigenvalue weighted by Gasteiger charge is -2.21. The van der Waals surface area contributed by atoms with Gasteiger partial charge in [0.05, 0.1) is 6.04 Å². The van der Waals surface area contributed by atoms with Gasteiger partial charge in [-0.15, -0.1) is 0 Å². The van der Waals surface area contributed by atoms with E-state index in [2.05, 4.69) is 19.2 Å². The highest BCUT2D eigenvalue weighted by atomic mass is 35.5. The molecule has 1 aromatic carbocycles. The van der Waals surface area contributed by atoms with E-state index in [1.807, 2.05) is 36.1 Å². The summed E-state index contributed by atoms with van der Waals surface area (Å²) < 4.78 is 0. The van der Waals surface area contributed by atoms with Gasteiger partial charge in [-0.25, -0.2) is 0 Å². The number of rotatable bonds is 10. The van der Waals surface area contributed by atoms with Gasteiger partial charge in [0.25, 0.3) is 0 Å². The molecule has 0 heterocycles. The van der Waals surface area contributed by atoms with Crippen molar-refractivity contribution in [2.75, 3.05) is 13.1 Å². The Morgan fingerprint density at radius 1 is 1.08 bits per heavy atom. The Morgan fingerprint density at radius 3 is 2.21 bits per heavy atom. The minimum absolute atomic E-state index is 0.0252. The highest BCUT2D eigenvalue weighted by Crippen LogP contribution is 2.16. The third kappa shape index (κ3) is 7.35. The molecule has 0 aliphatic heterocycles. The van der Waals surface area contributed by atoms with Crippen LogP contribution in [-0.2, 0) is 9.59 Å². The summed E-state index contributed by atoms with van der Waals surface area (Å²) >= 11 is 5.87. The molecule has 0 radical (unpaired) electrons. The number of halogens is 1. The van der Waals surface area contributed by atoms with E-state index in [4.69, 9.17) is 11.6 Å². The van der Waals surface area contributed by atoms with Gasteiger partial charge in [-0.2, -0.15) is 0 Å². The first-order valence-corrected chi connectivity index (χ1v) is 9.18. The molecule has 1 atom stereocenters. The zero-order chi connectivity index (χ0) is 17.9. The first kappa shape index (κ1) is 20.5. The van der Waals surface area contributed by atoms with E-state index in [0.717, 1.165) is 31.5 Å². The van der Waals surface area contributed by atoms with Crippen molar-refractivity contribution in [1.82, 2.24) is 10.2 Å². The molecule has 2 amide bonds. The predicted octanol–water partition coefficient (Wildman–Crippen LogP) is 4.34. The molecular weight excluding hydrogens is 324 g/mol. The van der Waals surface area contributed by atoms with Crippen LogP contribution in [0, 0.1) is 0 Å². The Kier molecular flexibility index (Phi) is 9.46. The Morgan fingerprint density at radius 2 is 1.67 bits per heavy atom. The standard InChI is InChI=1S/C19H29ClN2O2/c1-4-13-22(14-5-2)19(24)8-6-7-18(23)21-15(3)16-9-11-17(20)12-10-16/h9-12,15H,4-8,13-14H2,1-3H3,(H,21,23). The van der Waals surface area contributed by atoms with Crippen molar-refractivity contribution in [3.05, 3.63) is 34.9 Å². The Hall–Kier alpha value is -1.55. The van der Waals surface area contributed by atoms with Crippen molar-refractivity contribution in [1.29, 1.82) is 0 Å². The van der Waals surface area contributed by atoms with Gasteiger partial charge in [0.15, 0.2) is 0 Å². The highest BCUT2D eigenvalue weighted by molar-refractivity contribution is 6.30. The second kappa shape index (κ2) is 11.1. The van der Waals surface area contributed by atoms with Gasteiger partial charge >= 0.3 is 0 Å². The Balaban J connectivity index is 2.35. The number of hydrogen-bond donors (Lipinski definition) is 1. The van der Waals surface area contributed by atoms with E-state index in [1.165, 1.54) is 0 Å². The van der Waals surface area contributed by atoms with E-state index in [1.54, 1.807) is 0 Å². The summed E-state index contributed by atoms with van der Waals surface area (Å²) in [7, 11) is 0. The average Bonchev–Trinajstić information content (AvgIpc) is 2.55. The lowest BCUT2D eigenvalue weighted by Crippen LogP contribution is -2.32. The zero-order valence-electron chi connectivity index (χ0n) is 15.0. The Labute approximate surface area is 150 Å². The van der Waals surface area contributed by atoms with E-state index >= 15 is 0 Å². The molecule has 0 spiro atoms. The molecule has 5 heteroatoms. The van der Waals surface area contributed by atoms with Crippen LogP contribution in [0.4, 0.5) is 0 Å². The summed E-state index contributed by atoms with van der Waals surface area (Å²) in [6.07, 6.45) is 3.32. The minimum Gasteiger partial charge on any atom is -0.350 e. The molecule has 0 aliphatic carbocycles. The Bertz CT molecular complexity index is 511. The van der Waals surface area contributed by atoms with Crippen molar-refractivity contribution in [2.45, 2.75) is 58.9 Å². The van der Waals surface area contributed by atoms with Gasteiger partial charge in [0, 0.05) is 31.0 Å². The van der Waals surface area contributed by atoms with Crippen LogP contribution in [0.25, 0.3) is 0 Å². The molecule has 0 aliphatic rings. The van der Waals surface area contributed by atoms with Crippen LogP contribution in [0.2, 0.25) is 5.02 Å². The monoisotopic (exact) mass is 352 g/mol. The van der Waals surface area contributed by atoms with E-state index in [0.29, 0.717) is 24.3 Å². The van der Waals surface area contributed by atoms with Gasteiger partial charge in [-0.1, -0.05) is 37.6 Å². The first-order valence-electron chi connectivity index (χ1n) is 8.80. The van der Waals surface area contributed by atoms with Gasteiger partial charge in [-0.05, 0) is 43.9 Å². The average molecular weight is 353 g/mol. The molecule has 0 aromatic heterocycles. The fourth-order valence-electron chi connectivity index (χ4n) is 2.61. The third-order valence-corrected chi connectivity index (χ3v) is 4.13. The molecule has 24 heavy (non-hydrogen) atoms. The van der Waals surface area contributed by atoms with Gasteiger partial charge < -0.3 is 10.2 Å².